The Morgan fingerprint density at radius 1 is 1.50 bits per heavy atom. The van der Waals surface area contributed by atoms with Crippen LogP contribution in [0.5, 0.6) is 0 Å². The quantitative estimate of drug-likeness (QED) is 0.890. The molecule has 0 saturated carbocycles. The van der Waals surface area contributed by atoms with E-state index in [0.29, 0.717) is 23.1 Å². The zero-order chi connectivity index (χ0) is 13.2. The van der Waals surface area contributed by atoms with Gasteiger partial charge < -0.3 is 15.0 Å². The van der Waals surface area contributed by atoms with Crippen LogP contribution in [-0.4, -0.2) is 22.2 Å². The predicted molar refractivity (Wildman–Crippen MR) is 66.6 cm³/mol. The maximum Gasteiger partial charge on any atom is 0.278 e. The molecule has 0 saturated heterocycles. The number of ether oxygens (including phenoxy) is 1. The van der Waals surface area contributed by atoms with Gasteiger partial charge in [0.25, 0.3) is 5.89 Å². The van der Waals surface area contributed by atoms with E-state index in [0.717, 1.165) is 6.42 Å². The van der Waals surface area contributed by atoms with E-state index in [1.807, 2.05) is 13.8 Å². The van der Waals surface area contributed by atoms with Gasteiger partial charge >= 0.3 is 0 Å². The summed E-state index contributed by atoms with van der Waals surface area (Å²) in [6.07, 6.45) is 2.37. The standard InChI is InChI=1S/C12H16N4O2/c1-4-12(2,17-3)11-15-10(18-16-11)9-8(13)6-5-7-14-9/h5-7H,4,13H2,1-3H3. The van der Waals surface area contributed by atoms with Gasteiger partial charge in [-0.15, -0.1) is 0 Å². The fourth-order valence-electron chi connectivity index (χ4n) is 1.52. The van der Waals surface area contributed by atoms with Gasteiger partial charge in [-0.3, -0.25) is 0 Å². The van der Waals surface area contributed by atoms with Gasteiger partial charge in [0.05, 0.1) is 5.69 Å². The second-order valence-electron chi connectivity index (χ2n) is 4.15. The number of nitrogens with zero attached hydrogens (tertiary/aromatic N) is 3. The van der Waals surface area contributed by atoms with Gasteiger partial charge in [0.2, 0.25) is 5.82 Å². The lowest BCUT2D eigenvalue weighted by Crippen LogP contribution is -2.24. The Labute approximate surface area is 105 Å². The van der Waals surface area contributed by atoms with Crippen LogP contribution in [0.2, 0.25) is 0 Å². The third kappa shape index (κ3) is 2.06. The summed E-state index contributed by atoms with van der Waals surface area (Å²) in [6.45, 7) is 3.90. The molecule has 0 radical (unpaired) electrons. The van der Waals surface area contributed by atoms with Gasteiger partial charge in [0.1, 0.15) is 5.60 Å². The van der Waals surface area contributed by atoms with Crippen LogP contribution in [0.1, 0.15) is 26.1 Å². The van der Waals surface area contributed by atoms with Crippen LogP contribution in [-0.2, 0) is 10.3 Å². The summed E-state index contributed by atoms with van der Waals surface area (Å²) in [5.74, 6) is 0.798. The molecule has 0 fully saturated rings. The molecular weight excluding hydrogens is 232 g/mol. The van der Waals surface area contributed by atoms with E-state index in [2.05, 4.69) is 15.1 Å². The highest BCUT2D eigenvalue weighted by atomic mass is 16.5. The molecule has 2 aromatic rings. The number of methoxy groups -OCH3 is 1. The molecule has 6 nitrogen and oxygen atoms in total. The van der Waals surface area contributed by atoms with Gasteiger partial charge in [-0.1, -0.05) is 12.1 Å². The van der Waals surface area contributed by atoms with Crippen LogP contribution >= 0.6 is 0 Å². The molecule has 2 heterocycles. The minimum absolute atomic E-state index is 0.305. The Kier molecular flexibility index (Phi) is 3.29. The van der Waals surface area contributed by atoms with E-state index >= 15 is 0 Å². The Morgan fingerprint density at radius 3 is 2.89 bits per heavy atom. The molecule has 0 aliphatic heterocycles. The first-order valence-corrected chi connectivity index (χ1v) is 5.71. The molecular formula is C12H16N4O2. The summed E-state index contributed by atoms with van der Waals surface area (Å²) in [6, 6.07) is 3.49. The van der Waals surface area contributed by atoms with Crippen molar-refractivity contribution in [3.63, 3.8) is 0 Å². The summed E-state index contributed by atoms with van der Waals surface area (Å²) in [5.41, 5.74) is 6.24. The summed E-state index contributed by atoms with van der Waals surface area (Å²) in [4.78, 5) is 8.44. The zero-order valence-corrected chi connectivity index (χ0v) is 10.7. The summed E-state index contributed by atoms with van der Waals surface area (Å²) >= 11 is 0. The lowest BCUT2D eigenvalue weighted by atomic mass is 10.0. The first-order chi connectivity index (χ1) is 8.60. The Morgan fingerprint density at radius 2 is 2.28 bits per heavy atom. The number of hydrogen-bond donors (Lipinski definition) is 1. The van der Waals surface area contributed by atoms with Crippen molar-refractivity contribution in [1.29, 1.82) is 0 Å². The molecule has 0 aliphatic carbocycles. The van der Waals surface area contributed by atoms with E-state index in [1.54, 1.807) is 25.4 Å². The normalized spacial score (nSPS) is 14.4. The molecule has 6 heteroatoms. The smallest absolute Gasteiger partial charge is 0.278 e. The molecule has 0 aliphatic rings. The molecule has 0 spiro atoms. The minimum atomic E-state index is -0.564. The first kappa shape index (κ1) is 12.5. The fourth-order valence-corrected chi connectivity index (χ4v) is 1.52. The van der Waals surface area contributed by atoms with Crippen LogP contribution in [0.25, 0.3) is 11.6 Å². The van der Waals surface area contributed by atoms with E-state index in [-0.39, 0.29) is 0 Å². The van der Waals surface area contributed by atoms with Gasteiger partial charge in [0, 0.05) is 13.3 Å². The maximum atomic E-state index is 5.81. The van der Waals surface area contributed by atoms with Crippen molar-refractivity contribution in [2.24, 2.45) is 0 Å². The molecule has 2 N–H and O–H groups in total. The summed E-state index contributed by atoms with van der Waals surface area (Å²) < 4.78 is 10.6. The van der Waals surface area contributed by atoms with Crippen LogP contribution in [0.3, 0.4) is 0 Å². The van der Waals surface area contributed by atoms with Crippen LogP contribution in [0, 0.1) is 0 Å². The largest absolute Gasteiger partial charge is 0.397 e. The van der Waals surface area contributed by atoms with E-state index < -0.39 is 5.60 Å². The molecule has 2 rings (SSSR count). The van der Waals surface area contributed by atoms with Crippen LogP contribution in [0.15, 0.2) is 22.9 Å². The molecule has 1 unspecified atom stereocenters. The Bertz CT molecular complexity index is 534. The van der Waals surface area contributed by atoms with Crippen molar-refractivity contribution in [1.82, 2.24) is 15.1 Å². The number of nitrogens with two attached hydrogens (primary N) is 1. The number of anilines is 1. The molecule has 2 aromatic heterocycles. The molecule has 96 valence electrons. The van der Waals surface area contributed by atoms with Gasteiger partial charge in [-0.05, 0) is 25.5 Å². The molecule has 18 heavy (non-hydrogen) atoms. The van der Waals surface area contributed by atoms with Gasteiger partial charge in [-0.2, -0.15) is 4.98 Å². The molecule has 0 aromatic carbocycles. The maximum absolute atomic E-state index is 5.81. The fraction of sp³-hybridized carbons (Fsp3) is 0.417. The predicted octanol–water partition coefficient (Wildman–Crippen LogP) is 1.99. The van der Waals surface area contributed by atoms with E-state index in [4.69, 9.17) is 15.0 Å². The average Bonchev–Trinajstić information content (AvgIpc) is 2.88. The van der Waals surface area contributed by atoms with Crippen molar-refractivity contribution in [2.75, 3.05) is 12.8 Å². The summed E-state index contributed by atoms with van der Waals surface area (Å²) in [7, 11) is 1.62. The first-order valence-electron chi connectivity index (χ1n) is 5.71. The van der Waals surface area contributed by atoms with Crippen LogP contribution in [0.4, 0.5) is 5.69 Å². The average molecular weight is 248 g/mol. The van der Waals surface area contributed by atoms with E-state index in [9.17, 15) is 0 Å². The number of nitrogen functional groups attached to an aromatic ring is 1. The number of pyridine rings is 1. The molecule has 0 amide bonds. The van der Waals surface area contributed by atoms with Crippen molar-refractivity contribution in [3.8, 4) is 11.6 Å². The minimum Gasteiger partial charge on any atom is -0.397 e. The summed E-state index contributed by atoms with van der Waals surface area (Å²) in [5, 5.41) is 3.94. The van der Waals surface area contributed by atoms with E-state index in [1.165, 1.54) is 0 Å². The van der Waals surface area contributed by atoms with Crippen molar-refractivity contribution in [3.05, 3.63) is 24.2 Å². The SMILES string of the molecule is CCC(C)(OC)c1noc(-c2ncccc2N)n1. The number of hydrogen-bond acceptors (Lipinski definition) is 6. The number of rotatable bonds is 4. The number of aromatic nitrogens is 3. The van der Waals surface area contributed by atoms with Crippen LogP contribution < -0.4 is 5.73 Å². The topological polar surface area (TPSA) is 87.1 Å². The Hall–Kier alpha value is -1.95. The highest BCUT2D eigenvalue weighted by Crippen LogP contribution is 2.28. The second-order valence-corrected chi connectivity index (χ2v) is 4.15. The Balaban J connectivity index is 2.40. The van der Waals surface area contributed by atoms with Crippen molar-refractivity contribution >= 4 is 5.69 Å². The third-order valence-electron chi connectivity index (χ3n) is 3.07. The molecule has 0 bridgehead atoms. The van der Waals surface area contributed by atoms with Gasteiger partial charge in [0.15, 0.2) is 5.69 Å². The highest BCUT2D eigenvalue weighted by Gasteiger charge is 2.30. The lowest BCUT2D eigenvalue weighted by molar-refractivity contribution is -0.0106. The third-order valence-corrected chi connectivity index (χ3v) is 3.07. The zero-order valence-electron chi connectivity index (χ0n) is 10.7. The van der Waals surface area contributed by atoms with Gasteiger partial charge in [-0.25, -0.2) is 4.98 Å². The van der Waals surface area contributed by atoms with Crippen molar-refractivity contribution in [2.45, 2.75) is 25.9 Å². The van der Waals surface area contributed by atoms with Crippen molar-refractivity contribution < 1.29 is 9.26 Å². The lowest BCUT2D eigenvalue weighted by Gasteiger charge is -2.21. The highest BCUT2D eigenvalue weighted by molar-refractivity contribution is 5.65. The monoisotopic (exact) mass is 248 g/mol. The molecule has 1 atom stereocenters. The second kappa shape index (κ2) is 4.73.